The highest BCUT2D eigenvalue weighted by Crippen LogP contribution is 2.12. The normalized spacial score (nSPS) is 12.0. The zero-order valence-corrected chi connectivity index (χ0v) is 13.5. The van der Waals surface area contributed by atoms with Crippen molar-refractivity contribution < 1.29 is 14.3 Å². The quantitative estimate of drug-likeness (QED) is 0.318. The molecule has 0 radical (unpaired) electrons. The summed E-state index contributed by atoms with van der Waals surface area (Å²) >= 11 is 0. The molecule has 0 atom stereocenters. The monoisotopic (exact) mass is 330 g/mol. The first-order valence-electron chi connectivity index (χ1n) is 7.54. The molecule has 0 amide bonds. The van der Waals surface area contributed by atoms with Gasteiger partial charge in [-0.15, -0.1) is 0 Å². The molecule has 0 saturated heterocycles. The van der Waals surface area contributed by atoms with Crippen LogP contribution in [0.15, 0.2) is 75.9 Å². The molecule has 3 aromatic rings. The van der Waals surface area contributed by atoms with E-state index in [4.69, 9.17) is 4.52 Å². The highest BCUT2D eigenvalue weighted by molar-refractivity contribution is 5.99. The maximum atomic E-state index is 12.2. The molecule has 1 heterocycles. The number of aromatic nitrogens is 2. The smallest absolute Gasteiger partial charge is 0.321 e. The lowest BCUT2D eigenvalue weighted by molar-refractivity contribution is -0.670. The van der Waals surface area contributed by atoms with Crippen LogP contribution >= 0.6 is 0 Å². The molecule has 6 nitrogen and oxygen atoms in total. The Morgan fingerprint density at radius 3 is 2.60 bits per heavy atom. The van der Waals surface area contributed by atoms with E-state index < -0.39 is 5.90 Å². The molecule has 0 fully saturated rings. The minimum Gasteiger partial charge on any atom is -0.858 e. The largest absolute Gasteiger partial charge is 0.858 e. The lowest BCUT2D eigenvalue weighted by atomic mass is 10.1. The van der Waals surface area contributed by atoms with E-state index >= 15 is 0 Å². The van der Waals surface area contributed by atoms with Gasteiger partial charge in [-0.3, -0.25) is 4.52 Å². The average molecular weight is 330 g/mol. The lowest BCUT2D eigenvalue weighted by Crippen LogP contribution is -2.31. The van der Waals surface area contributed by atoms with Crippen LogP contribution in [0.4, 0.5) is 5.88 Å². The highest BCUT2D eigenvalue weighted by atomic mass is 16.5. The Morgan fingerprint density at radius 2 is 1.92 bits per heavy atom. The Morgan fingerprint density at radius 1 is 1.20 bits per heavy atom. The fraction of sp³-hybridized carbons (Fsp3) is 0.0526. The molecule has 0 spiro atoms. The summed E-state index contributed by atoms with van der Waals surface area (Å²) in [6, 6.07) is 18.6. The fourth-order valence-corrected chi connectivity index (χ4v) is 2.12. The number of nitriles is 1. The van der Waals surface area contributed by atoms with E-state index in [1.54, 1.807) is 12.1 Å². The van der Waals surface area contributed by atoms with Gasteiger partial charge >= 0.3 is 5.88 Å². The van der Waals surface area contributed by atoms with Crippen molar-refractivity contribution in [3.05, 3.63) is 77.5 Å². The Balaban J connectivity index is 1.86. The van der Waals surface area contributed by atoms with E-state index in [0.717, 1.165) is 16.8 Å². The predicted molar refractivity (Wildman–Crippen MR) is 89.9 cm³/mol. The van der Waals surface area contributed by atoms with Gasteiger partial charge in [-0.2, -0.15) is 5.26 Å². The van der Waals surface area contributed by atoms with Crippen molar-refractivity contribution in [3.8, 4) is 11.8 Å². The summed E-state index contributed by atoms with van der Waals surface area (Å²) in [5, 5.41) is 25.2. The topological polar surface area (TPSA) is 89.1 Å². The molecule has 0 aliphatic carbocycles. The number of benzene rings is 2. The van der Waals surface area contributed by atoms with Gasteiger partial charge in [0.05, 0.1) is 5.57 Å². The fourth-order valence-electron chi connectivity index (χ4n) is 2.12. The van der Waals surface area contributed by atoms with E-state index in [9.17, 15) is 10.4 Å². The summed E-state index contributed by atoms with van der Waals surface area (Å²) < 4.78 is 6.52. The average Bonchev–Trinajstić information content (AvgIpc) is 3.09. The maximum Gasteiger partial charge on any atom is 0.321 e. The summed E-state index contributed by atoms with van der Waals surface area (Å²) in [5.74, 6) is -0.654. The van der Waals surface area contributed by atoms with Gasteiger partial charge in [0.2, 0.25) is 11.0 Å². The molecule has 0 aliphatic rings. The van der Waals surface area contributed by atoms with Gasteiger partial charge < -0.3 is 5.11 Å². The van der Waals surface area contributed by atoms with Crippen LogP contribution in [0.2, 0.25) is 0 Å². The van der Waals surface area contributed by atoms with Gasteiger partial charge in [0.15, 0.2) is 0 Å². The van der Waals surface area contributed by atoms with Crippen molar-refractivity contribution in [3.63, 3.8) is 0 Å². The molecule has 1 aromatic heterocycles. The van der Waals surface area contributed by atoms with E-state index in [-0.39, 0.29) is 11.5 Å². The van der Waals surface area contributed by atoms with Crippen LogP contribution in [0, 0.1) is 18.3 Å². The van der Waals surface area contributed by atoms with Gasteiger partial charge in [-0.25, -0.2) is 4.99 Å². The third kappa shape index (κ3) is 3.98. The van der Waals surface area contributed by atoms with Crippen molar-refractivity contribution in [2.24, 2.45) is 4.99 Å². The van der Waals surface area contributed by atoms with Gasteiger partial charge in [-0.1, -0.05) is 48.0 Å². The van der Waals surface area contributed by atoms with Gasteiger partial charge in [0, 0.05) is 18.0 Å². The molecular weight excluding hydrogens is 316 g/mol. The zero-order chi connectivity index (χ0) is 17.6. The Hall–Kier alpha value is -3.72. The first-order chi connectivity index (χ1) is 12.2. The van der Waals surface area contributed by atoms with Crippen LogP contribution in [0.25, 0.3) is 11.8 Å². The predicted octanol–water partition coefficient (Wildman–Crippen LogP) is 2.26. The Bertz CT molecular complexity index is 965. The number of hydrogen-bond donors (Lipinski definition) is 0. The standard InChI is InChI=1S/C19H14N4O2/c1-14-7-9-17(10-8-14)23-13-18(25-22-23)21-19(24)16(12-20)11-15-5-3-2-4-6-15/h2-11,13H,1H3/b16-11-. The second-order valence-electron chi connectivity index (χ2n) is 5.32. The zero-order valence-electron chi connectivity index (χ0n) is 13.5. The summed E-state index contributed by atoms with van der Waals surface area (Å²) in [7, 11) is 0. The van der Waals surface area contributed by atoms with Crippen molar-refractivity contribution in [1.82, 2.24) is 5.27 Å². The van der Waals surface area contributed by atoms with E-state index in [2.05, 4.69) is 10.3 Å². The van der Waals surface area contributed by atoms with Crippen molar-refractivity contribution in [2.45, 2.75) is 6.92 Å². The van der Waals surface area contributed by atoms with Gasteiger partial charge in [-0.05, 0) is 23.2 Å². The third-order valence-corrected chi connectivity index (χ3v) is 3.43. The molecular formula is C19H14N4O2. The number of hydrogen-bond acceptors (Lipinski definition) is 5. The first-order valence-corrected chi connectivity index (χ1v) is 7.54. The highest BCUT2D eigenvalue weighted by Gasteiger charge is 2.14. The number of aliphatic imine (C=N–C) groups is 1. The van der Waals surface area contributed by atoms with Gasteiger partial charge in [0.25, 0.3) is 6.20 Å². The Kier molecular flexibility index (Phi) is 4.67. The maximum absolute atomic E-state index is 12.2. The van der Waals surface area contributed by atoms with Crippen LogP contribution in [0.3, 0.4) is 0 Å². The van der Waals surface area contributed by atoms with Crippen LogP contribution < -0.4 is 9.79 Å². The molecule has 25 heavy (non-hydrogen) atoms. The summed E-state index contributed by atoms with van der Waals surface area (Å²) in [6.07, 6.45) is 2.97. The van der Waals surface area contributed by atoms with Crippen molar-refractivity contribution in [1.29, 1.82) is 5.26 Å². The minimum atomic E-state index is -0.682. The second kappa shape index (κ2) is 7.23. The molecule has 6 heteroatoms. The minimum absolute atomic E-state index is 0.0276. The number of aryl methyl sites for hydroxylation is 1. The van der Waals surface area contributed by atoms with Crippen LogP contribution in [-0.2, 0) is 0 Å². The molecule has 122 valence electrons. The SMILES string of the molecule is Cc1ccc(-[n+]2cc(/N=C([O-])/C(C#N)=C\c3ccccc3)on2)cc1. The molecule has 0 N–H and O–H groups in total. The van der Waals surface area contributed by atoms with Crippen molar-refractivity contribution in [2.75, 3.05) is 0 Å². The molecule has 0 unspecified atom stereocenters. The van der Waals surface area contributed by atoms with E-state index in [0.29, 0.717) is 0 Å². The van der Waals surface area contributed by atoms with Crippen LogP contribution in [0.5, 0.6) is 0 Å². The third-order valence-electron chi connectivity index (χ3n) is 3.43. The number of nitrogens with zero attached hydrogens (tertiary/aromatic N) is 4. The van der Waals surface area contributed by atoms with Crippen LogP contribution in [-0.4, -0.2) is 11.2 Å². The van der Waals surface area contributed by atoms with Gasteiger partial charge in [0.1, 0.15) is 6.07 Å². The molecule has 3 rings (SSSR count). The summed E-state index contributed by atoms with van der Waals surface area (Å²) in [6.45, 7) is 1.99. The second-order valence-corrected chi connectivity index (χ2v) is 5.32. The van der Waals surface area contributed by atoms with Crippen LogP contribution in [0.1, 0.15) is 11.1 Å². The molecule has 0 bridgehead atoms. The first kappa shape index (κ1) is 16.1. The van der Waals surface area contributed by atoms with Crippen molar-refractivity contribution >= 4 is 17.9 Å². The molecule has 0 aliphatic heterocycles. The number of rotatable bonds is 4. The molecule has 2 aromatic carbocycles. The van der Waals surface area contributed by atoms with E-state index in [1.165, 1.54) is 17.0 Å². The Labute approximate surface area is 144 Å². The summed E-state index contributed by atoms with van der Waals surface area (Å²) in [4.78, 5) is 3.81. The van der Waals surface area contributed by atoms with E-state index in [1.807, 2.05) is 55.5 Å². The lowest BCUT2D eigenvalue weighted by Gasteiger charge is -2.06. The summed E-state index contributed by atoms with van der Waals surface area (Å²) in [5.41, 5.74) is 2.57. The molecule has 0 saturated carbocycles.